The van der Waals surface area contributed by atoms with Gasteiger partial charge in [-0.1, -0.05) is 18.2 Å². The molecule has 0 aliphatic carbocycles. The molecule has 3 heterocycles. The normalized spacial score (nSPS) is 10.4. The molecule has 0 saturated carbocycles. The second-order valence-corrected chi connectivity index (χ2v) is 4.51. The zero-order valence-electron chi connectivity index (χ0n) is 11.7. The number of hydrogen-bond donors (Lipinski definition) is 1. The highest BCUT2D eigenvalue weighted by Gasteiger charge is 2.11. The molecule has 7 nitrogen and oxygen atoms in total. The van der Waals surface area contributed by atoms with Gasteiger partial charge >= 0.3 is 0 Å². The van der Waals surface area contributed by atoms with Crippen molar-refractivity contribution in [3.63, 3.8) is 0 Å². The van der Waals surface area contributed by atoms with Crippen LogP contribution in [-0.2, 0) is 11.8 Å². The fourth-order valence-electron chi connectivity index (χ4n) is 2.13. The van der Waals surface area contributed by atoms with Gasteiger partial charge in [-0.05, 0) is 12.1 Å². The molecule has 0 atom stereocenters. The highest BCUT2D eigenvalue weighted by Crippen LogP contribution is 2.25. The van der Waals surface area contributed by atoms with Crippen molar-refractivity contribution < 1.29 is 14.3 Å². The number of rotatable bonds is 1. The molecule has 0 fully saturated rings. The van der Waals surface area contributed by atoms with Crippen molar-refractivity contribution in [3.8, 4) is 11.6 Å². The van der Waals surface area contributed by atoms with Crippen LogP contribution in [-0.4, -0.2) is 31.1 Å². The van der Waals surface area contributed by atoms with Gasteiger partial charge in [-0.3, -0.25) is 4.79 Å². The highest BCUT2D eigenvalue weighted by molar-refractivity contribution is 5.82. The van der Waals surface area contributed by atoms with Gasteiger partial charge in [0, 0.05) is 12.4 Å². The molecule has 3 aromatic heterocycles. The van der Waals surface area contributed by atoms with Gasteiger partial charge in [0.15, 0.2) is 17.2 Å². The maximum absolute atomic E-state index is 8.36. The number of furan rings is 1. The van der Waals surface area contributed by atoms with Crippen molar-refractivity contribution in [1.82, 2.24) is 19.5 Å². The van der Waals surface area contributed by atoms with E-state index in [0.717, 1.165) is 22.1 Å². The summed E-state index contributed by atoms with van der Waals surface area (Å²) < 4.78 is 7.63. The van der Waals surface area contributed by atoms with Gasteiger partial charge in [0.05, 0.1) is 12.5 Å². The average molecular weight is 296 g/mol. The number of aryl methyl sites for hydroxylation is 1. The van der Waals surface area contributed by atoms with E-state index in [1.54, 1.807) is 12.5 Å². The Morgan fingerprint density at radius 2 is 2.05 bits per heavy atom. The van der Waals surface area contributed by atoms with Gasteiger partial charge in [-0.15, -0.1) is 0 Å². The second-order valence-electron chi connectivity index (χ2n) is 4.51. The molecule has 0 radical (unpaired) electrons. The number of para-hydroxylation sites is 1. The standard InChI is InChI=1S/C14H10N4O.CH2O2/c1-18-8-16-10-7-15-13(17-14(10)18)12-6-9-4-2-3-5-11(9)19-12;2-1-3/h2-8H,1H3;1H,(H,2,3). The van der Waals surface area contributed by atoms with E-state index in [0.29, 0.717) is 11.6 Å². The maximum atomic E-state index is 8.36. The third-order valence-electron chi connectivity index (χ3n) is 3.10. The maximum Gasteiger partial charge on any atom is 0.290 e. The first kappa shape index (κ1) is 13.7. The molecule has 22 heavy (non-hydrogen) atoms. The summed E-state index contributed by atoms with van der Waals surface area (Å²) in [6.07, 6.45) is 3.44. The van der Waals surface area contributed by atoms with E-state index in [2.05, 4.69) is 15.0 Å². The zero-order valence-corrected chi connectivity index (χ0v) is 11.7. The lowest BCUT2D eigenvalue weighted by Crippen LogP contribution is -1.92. The van der Waals surface area contributed by atoms with Gasteiger partial charge in [-0.2, -0.15) is 0 Å². The van der Waals surface area contributed by atoms with Gasteiger partial charge < -0.3 is 14.1 Å². The summed E-state index contributed by atoms with van der Waals surface area (Å²) in [4.78, 5) is 21.4. The fraction of sp³-hybridized carbons (Fsp3) is 0.0667. The van der Waals surface area contributed by atoms with Crippen molar-refractivity contribution >= 4 is 28.6 Å². The summed E-state index contributed by atoms with van der Waals surface area (Å²) in [5.74, 6) is 1.25. The molecule has 0 amide bonds. The topological polar surface area (TPSA) is 94.0 Å². The Hall–Kier alpha value is -3.22. The van der Waals surface area contributed by atoms with Crippen LogP contribution < -0.4 is 0 Å². The lowest BCUT2D eigenvalue weighted by atomic mass is 10.2. The molecule has 4 aromatic rings. The number of carboxylic acid groups (broad SMARTS) is 1. The van der Waals surface area contributed by atoms with Gasteiger partial charge in [0.1, 0.15) is 11.1 Å². The molecule has 0 bridgehead atoms. The first-order valence-electron chi connectivity index (χ1n) is 6.44. The third-order valence-corrected chi connectivity index (χ3v) is 3.10. The van der Waals surface area contributed by atoms with Crippen LogP contribution in [0.5, 0.6) is 0 Å². The predicted octanol–water partition coefficient (Wildman–Crippen LogP) is 2.48. The smallest absolute Gasteiger partial charge is 0.290 e. The number of aromatic nitrogens is 4. The Morgan fingerprint density at radius 1 is 1.27 bits per heavy atom. The molecule has 110 valence electrons. The quantitative estimate of drug-likeness (QED) is 0.542. The van der Waals surface area contributed by atoms with E-state index in [-0.39, 0.29) is 6.47 Å². The molecule has 1 N–H and O–H groups in total. The summed E-state index contributed by atoms with van der Waals surface area (Å²) >= 11 is 0. The molecule has 1 aromatic carbocycles. The van der Waals surface area contributed by atoms with Crippen LogP contribution >= 0.6 is 0 Å². The Labute approximate surface area is 124 Å². The molecule has 0 unspecified atom stereocenters. The predicted molar refractivity (Wildman–Crippen MR) is 80.2 cm³/mol. The first-order chi connectivity index (χ1) is 10.7. The molecular formula is C15H12N4O3. The lowest BCUT2D eigenvalue weighted by Gasteiger charge is -1.96. The van der Waals surface area contributed by atoms with E-state index in [1.165, 1.54) is 0 Å². The molecule has 0 saturated heterocycles. The molecule has 0 aliphatic heterocycles. The summed E-state index contributed by atoms with van der Waals surface area (Å²) in [6, 6.07) is 9.81. The van der Waals surface area contributed by atoms with Crippen LogP contribution in [0.4, 0.5) is 0 Å². The van der Waals surface area contributed by atoms with Gasteiger partial charge in [0.25, 0.3) is 6.47 Å². The number of fused-ring (bicyclic) bond motifs is 2. The summed E-state index contributed by atoms with van der Waals surface area (Å²) in [5.41, 5.74) is 2.42. The van der Waals surface area contributed by atoms with Gasteiger partial charge in [0.2, 0.25) is 0 Å². The van der Waals surface area contributed by atoms with E-state index in [1.807, 2.05) is 41.9 Å². The van der Waals surface area contributed by atoms with Crippen molar-refractivity contribution in [2.45, 2.75) is 0 Å². The monoisotopic (exact) mass is 296 g/mol. The number of nitrogens with zero attached hydrogens (tertiary/aromatic N) is 4. The average Bonchev–Trinajstić information content (AvgIpc) is 3.12. The minimum atomic E-state index is -0.250. The first-order valence-corrected chi connectivity index (χ1v) is 6.44. The molecule has 0 aliphatic rings. The Balaban J connectivity index is 0.000000446. The third kappa shape index (κ3) is 2.39. The number of imidazole rings is 1. The SMILES string of the molecule is Cn1cnc2cnc(-c3cc4ccccc4o3)nc21.O=CO. The van der Waals surface area contributed by atoms with E-state index < -0.39 is 0 Å². The zero-order chi connectivity index (χ0) is 15.5. The van der Waals surface area contributed by atoms with Crippen molar-refractivity contribution in [3.05, 3.63) is 42.9 Å². The molecule has 7 heteroatoms. The number of carbonyl (C=O) groups is 1. The highest BCUT2D eigenvalue weighted by atomic mass is 16.3. The van der Waals surface area contributed by atoms with E-state index >= 15 is 0 Å². The van der Waals surface area contributed by atoms with Gasteiger partial charge in [-0.25, -0.2) is 15.0 Å². The van der Waals surface area contributed by atoms with Crippen LogP contribution in [0.3, 0.4) is 0 Å². The second kappa shape index (κ2) is 5.65. The lowest BCUT2D eigenvalue weighted by molar-refractivity contribution is -0.122. The number of benzene rings is 1. The molecule has 4 rings (SSSR count). The van der Waals surface area contributed by atoms with Crippen LogP contribution in [0, 0.1) is 0 Å². The van der Waals surface area contributed by atoms with E-state index in [4.69, 9.17) is 14.3 Å². The Kier molecular flexibility index (Phi) is 3.53. The van der Waals surface area contributed by atoms with Crippen LogP contribution in [0.1, 0.15) is 0 Å². The van der Waals surface area contributed by atoms with Crippen LogP contribution in [0.25, 0.3) is 33.7 Å². The summed E-state index contributed by atoms with van der Waals surface area (Å²) in [5, 5.41) is 7.94. The van der Waals surface area contributed by atoms with Crippen LogP contribution in [0.15, 0.2) is 47.3 Å². The largest absolute Gasteiger partial charge is 0.483 e. The van der Waals surface area contributed by atoms with Crippen molar-refractivity contribution in [2.24, 2.45) is 7.05 Å². The Morgan fingerprint density at radius 3 is 2.82 bits per heavy atom. The number of hydrogen-bond acceptors (Lipinski definition) is 5. The minimum absolute atomic E-state index is 0.250. The Bertz CT molecular complexity index is 909. The fourth-order valence-corrected chi connectivity index (χ4v) is 2.13. The van der Waals surface area contributed by atoms with Crippen LogP contribution in [0.2, 0.25) is 0 Å². The summed E-state index contributed by atoms with van der Waals surface area (Å²) in [6.45, 7) is -0.250. The van der Waals surface area contributed by atoms with E-state index in [9.17, 15) is 0 Å². The van der Waals surface area contributed by atoms with Crippen molar-refractivity contribution in [1.29, 1.82) is 0 Å². The molecular weight excluding hydrogens is 284 g/mol. The minimum Gasteiger partial charge on any atom is -0.483 e. The molecule has 0 spiro atoms. The summed E-state index contributed by atoms with van der Waals surface area (Å²) in [7, 11) is 1.91. The van der Waals surface area contributed by atoms with Crippen molar-refractivity contribution in [2.75, 3.05) is 0 Å².